The van der Waals surface area contributed by atoms with Crippen LogP contribution in [0.15, 0.2) is 0 Å². The first-order valence-corrected chi connectivity index (χ1v) is 4.92. The molecule has 1 heterocycles. The van der Waals surface area contributed by atoms with E-state index in [4.69, 9.17) is 0 Å². The smallest absolute Gasteiger partial charge is 0.240 e. The van der Waals surface area contributed by atoms with Crippen molar-refractivity contribution in [3.05, 3.63) is 0 Å². The Bertz CT molecular complexity index is 227. The van der Waals surface area contributed by atoms with Crippen LogP contribution in [0, 0.1) is 5.41 Å². The monoisotopic (exact) mass is 198 g/mol. The second-order valence-corrected chi connectivity index (χ2v) is 4.99. The third-order valence-electron chi connectivity index (χ3n) is 2.19. The van der Waals surface area contributed by atoms with Gasteiger partial charge in [0.05, 0.1) is 13.1 Å². The van der Waals surface area contributed by atoms with Gasteiger partial charge in [0.1, 0.15) is 0 Å². The van der Waals surface area contributed by atoms with Crippen molar-refractivity contribution in [2.45, 2.75) is 27.2 Å². The third kappa shape index (κ3) is 3.87. The fourth-order valence-corrected chi connectivity index (χ4v) is 1.35. The first-order valence-electron chi connectivity index (χ1n) is 4.92. The Labute approximate surface area is 84.7 Å². The number of nitrogens with zero attached hydrogens (tertiary/aromatic N) is 1. The standard InChI is InChI=1S/C10H18N2O2/c1-10(2,3)4-5-12-6-8(13)11-9(14)7-12/h4-7H2,1-3H3,(H,11,13,14). The number of piperazine rings is 1. The van der Waals surface area contributed by atoms with Crippen molar-refractivity contribution < 1.29 is 9.59 Å². The molecule has 0 aromatic carbocycles. The van der Waals surface area contributed by atoms with Crippen LogP contribution in [0.2, 0.25) is 0 Å². The van der Waals surface area contributed by atoms with Gasteiger partial charge in [0, 0.05) is 0 Å². The second-order valence-electron chi connectivity index (χ2n) is 4.99. The lowest BCUT2D eigenvalue weighted by Crippen LogP contribution is -2.51. The van der Waals surface area contributed by atoms with Crippen LogP contribution in [-0.4, -0.2) is 36.3 Å². The van der Waals surface area contributed by atoms with Gasteiger partial charge in [-0.25, -0.2) is 0 Å². The van der Waals surface area contributed by atoms with Crippen molar-refractivity contribution in [1.82, 2.24) is 10.2 Å². The van der Waals surface area contributed by atoms with E-state index in [-0.39, 0.29) is 17.2 Å². The van der Waals surface area contributed by atoms with E-state index in [0.29, 0.717) is 13.1 Å². The summed E-state index contributed by atoms with van der Waals surface area (Å²) in [7, 11) is 0. The zero-order valence-corrected chi connectivity index (χ0v) is 9.09. The van der Waals surface area contributed by atoms with E-state index < -0.39 is 0 Å². The third-order valence-corrected chi connectivity index (χ3v) is 2.19. The Balaban J connectivity index is 2.38. The fraction of sp³-hybridized carbons (Fsp3) is 0.800. The summed E-state index contributed by atoms with van der Waals surface area (Å²) in [5.41, 5.74) is 0.247. The van der Waals surface area contributed by atoms with Crippen molar-refractivity contribution in [1.29, 1.82) is 0 Å². The summed E-state index contributed by atoms with van der Waals surface area (Å²) in [4.78, 5) is 24.0. The van der Waals surface area contributed by atoms with Crippen molar-refractivity contribution in [2.75, 3.05) is 19.6 Å². The molecule has 1 aliphatic rings. The second kappa shape index (κ2) is 4.09. The molecule has 0 radical (unpaired) electrons. The van der Waals surface area contributed by atoms with Crippen LogP contribution in [-0.2, 0) is 9.59 Å². The maximum absolute atomic E-state index is 11.0. The molecule has 1 saturated heterocycles. The van der Waals surface area contributed by atoms with E-state index in [1.807, 2.05) is 4.90 Å². The maximum atomic E-state index is 11.0. The van der Waals surface area contributed by atoms with Gasteiger partial charge in [0.25, 0.3) is 0 Å². The Morgan fingerprint density at radius 3 is 2.14 bits per heavy atom. The van der Waals surface area contributed by atoms with E-state index >= 15 is 0 Å². The summed E-state index contributed by atoms with van der Waals surface area (Å²) in [5.74, 6) is -0.370. The molecular formula is C10H18N2O2. The van der Waals surface area contributed by atoms with E-state index in [1.54, 1.807) is 0 Å². The first kappa shape index (κ1) is 11.2. The van der Waals surface area contributed by atoms with Gasteiger partial charge in [-0.1, -0.05) is 20.8 Å². The van der Waals surface area contributed by atoms with Crippen LogP contribution in [0.25, 0.3) is 0 Å². The lowest BCUT2D eigenvalue weighted by atomic mass is 9.92. The minimum atomic E-state index is -0.185. The van der Waals surface area contributed by atoms with Gasteiger partial charge in [0.2, 0.25) is 11.8 Å². The van der Waals surface area contributed by atoms with Gasteiger partial charge in [0.15, 0.2) is 0 Å². The average Bonchev–Trinajstić information content (AvgIpc) is 1.97. The first-order chi connectivity index (χ1) is 6.37. The number of amides is 2. The summed E-state index contributed by atoms with van der Waals surface area (Å²) in [6, 6.07) is 0. The molecule has 0 bridgehead atoms. The molecule has 0 saturated carbocycles. The lowest BCUT2D eigenvalue weighted by molar-refractivity contribution is -0.136. The highest BCUT2D eigenvalue weighted by Gasteiger charge is 2.23. The van der Waals surface area contributed by atoms with Crippen LogP contribution in [0.5, 0.6) is 0 Å². The molecule has 4 nitrogen and oxygen atoms in total. The molecule has 80 valence electrons. The van der Waals surface area contributed by atoms with E-state index in [9.17, 15) is 9.59 Å². The summed E-state index contributed by atoms with van der Waals surface area (Å²) in [6.45, 7) is 7.96. The van der Waals surface area contributed by atoms with Crippen molar-refractivity contribution in [3.8, 4) is 0 Å². The molecule has 0 aromatic heterocycles. The van der Waals surface area contributed by atoms with Crippen molar-refractivity contribution in [3.63, 3.8) is 0 Å². The Morgan fingerprint density at radius 1 is 1.21 bits per heavy atom. The van der Waals surface area contributed by atoms with E-state index in [1.165, 1.54) is 0 Å². The number of nitrogens with one attached hydrogen (secondary N) is 1. The number of imide groups is 1. The zero-order chi connectivity index (χ0) is 10.8. The SMILES string of the molecule is CC(C)(C)CCN1CC(=O)NC(=O)C1. The molecule has 0 atom stereocenters. The molecule has 1 fully saturated rings. The van der Waals surface area contributed by atoms with Gasteiger partial charge in [-0.05, 0) is 18.4 Å². The van der Waals surface area contributed by atoms with Gasteiger partial charge in [-0.15, -0.1) is 0 Å². The van der Waals surface area contributed by atoms with Gasteiger partial charge in [-0.2, -0.15) is 0 Å². The topological polar surface area (TPSA) is 49.4 Å². The van der Waals surface area contributed by atoms with Crippen LogP contribution in [0.4, 0.5) is 0 Å². The Hall–Kier alpha value is -0.900. The minimum Gasteiger partial charge on any atom is -0.294 e. The molecule has 0 spiro atoms. The predicted octanol–water partition coefficient (Wildman–Crippen LogP) is 0.381. The Morgan fingerprint density at radius 2 is 1.71 bits per heavy atom. The molecule has 1 rings (SSSR count). The van der Waals surface area contributed by atoms with Gasteiger partial charge >= 0.3 is 0 Å². The van der Waals surface area contributed by atoms with Gasteiger partial charge < -0.3 is 0 Å². The molecule has 0 aliphatic carbocycles. The van der Waals surface area contributed by atoms with E-state index in [0.717, 1.165) is 13.0 Å². The number of hydrogen-bond donors (Lipinski definition) is 1. The quantitative estimate of drug-likeness (QED) is 0.653. The van der Waals surface area contributed by atoms with Crippen LogP contribution >= 0.6 is 0 Å². The number of carbonyl (C=O) groups is 2. The molecule has 14 heavy (non-hydrogen) atoms. The summed E-state index contributed by atoms with van der Waals surface area (Å²) >= 11 is 0. The Kier molecular flexibility index (Phi) is 3.26. The van der Waals surface area contributed by atoms with Crippen LogP contribution in [0.1, 0.15) is 27.2 Å². The van der Waals surface area contributed by atoms with E-state index in [2.05, 4.69) is 26.1 Å². The zero-order valence-electron chi connectivity index (χ0n) is 9.09. The van der Waals surface area contributed by atoms with Gasteiger partial charge in [-0.3, -0.25) is 19.8 Å². The number of rotatable bonds is 2. The molecular weight excluding hydrogens is 180 g/mol. The minimum absolute atomic E-state index is 0.185. The molecule has 0 unspecified atom stereocenters. The molecule has 4 heteroatoms. The van der Waals surface area contributed by atoms with Crippen molar-refractivity contribution in [2.24, 2.45) is 5.41 Å². The summed E-state index contributed by atoms with van der Waals surface area (Å²) in [5, 5.41) is 2.29. The average molecular weight is 198 g/mol. The highest BCUT2D eigenvalue weighted by Crippen LogP contribution is 2.18. The molecule has 1 aliphatic heterocycles. The molecule has 0 aromatic rings. The number of hydrogen-bond acceptors (Lipinski definition) is 3. The molecule has 1 N–H and O–H groups in total. The summed E-state index contributed by atoms with van der Waals surface area (Å²) in [6.07, 6.45) is 0.994. The van der Waals surface area contributed by atoms with Crippen molar-refractivity contribution >= 4 is 11.8 Å². The normalized spacial score (nSPS) is 19.6. The lowest BCUT2D eigenvalue weighted by Gasteiger charge is -2.28. The predicted molar refractivity (Wildman–Crippen MR) is 53.7 cm³/mol. The molecule has 2 amide bonds. The highest BCUT2D eigenvalue weighted by molar-refractivity contribution is 5.99. The van der Waals surface area contributed by atoms with Crippen LogP contribution in [0.3, 0.4) is 0 Å². The summed E-state index contributed by atoms with van der Waals surface area (Å²) < 4.78 is 0. The highest BCUT2D eigenvalue weighted by atomic mass is 16.2. The largest absolute Gasteiger partial charge is 0.294 e. The van der Waals surface area contributed by atoms with Crippen LogP contribution < -0.4 is 5.32 Å². The number of carbonyl (C=O) groups excluding carboxylic acids is 2. The maximum Gasteiger partial charge on any atom is 0.240 e. The fourth-order valence-electron chi connectivity index (χ4n) is 1.35.